The van der Waals surface area contributed by atoms with E-state index in [9.17, 15) is 9.59 Å². The van der Waals surface area contributed by atoms with E-state index in [0.717, 1.165) is 0 Å². The third kappa shape index (κ3) is 3.34. The Morgan fingerprint density at radius 2 is 2.11 bits per heavy atom. The molecule has 0 aliphatic rings. The summed E-state index contributed by atoms with van der Waals surface area (Å²) in [6, 6.07) is 2.99. The van der Waals surface area contributed by atoms with Crippen LogP contribution in [0.25, 0.3) is 0 Å². The number of methoxy groups -OCH3 is 1. The maximum Gasteiger partial charge on any atom is 0.356 e. The molecule has 0 aliphatic carbocycles. The molecule has 1 amide bonds. The average Bonchev–Trinajstić information content (AvgIpc) is 2.36. The number of aromatic nitrogens is 1. The number of pyridine rings is 1. The second-order valence-corrected chi connectivity index (χ2v) is 3.77. The molecule has 1 aromatic heterocycles. The molecule has 0 radical (unpaired) electrons. The summed E-state index contributed by atoms with van der Waals surface area (Å²) < 4.78 is 4.55. The van der Waals surface area contributed by atoms with Gasteiger partial charge in [0.1, 0.15) is 0 Å². The van der Waals surface area contributed by atoms with E-state index in [4.69, 9.17) is 5.73 Å². The van der Waals surface area contributed by atoms with E-state index in [1.54, 1.807) is 14.1 Å². The Labute approximate surface area is 105 Å². The predicted octanol–water partition coefficient (Wildman–Crippen LogP) is -0.0495. The Hall–Kier alpha value is -2.31. The minimum absolute atomic E-state index is 0.0504. The third-order valence-electron chi connectivity index (χ3n) is 2.23. The normalized spacial score (nSPS) is 9.72. The van der Waals surface area contributed by atoms with Crippen LogP contribution in [0.3, 0.4) is 0 Å². The van der Waals surface area contributed by atoms with Crippen LogP contribution in [-0.4, -0.2) is 49.5 Å². The molecule has 98 valence electrons. The van der Waals surface area contributed by atoms with Gasteiger partial charge in [0.15, 0.2) is 11.5 Å². The van der Waals surface area contributed by atoms with Crippen molar-refractivity contribution in [3.05, 3.63) is 17.8 Å². The van der Waals surface area contributed by atoms with Crippen molar-refractivity contribution in [2.45, 2.75) is 0 Å². The number of esters is 1. The van der Waals surface area contributed by atoms with E-state index in [2.05, 4.69) is 15.0 Å². The first-order valence-electron chi connectivity index (χ1n) is 5.24. The van der Waals surface area contributed by atoms with Crippen LogP contribution in [0.2, 0.25) is 0 Å². The Bertz CT molecular complexity index is 460. The average molecular weight is 252 g/mol. The zero-order valence-electron chi connectivity index (χ0n) is 10.6. The van der Waals surface area contributed by atoms with E-state index >= 15 is 0 Å². The molecular formula is C11H16N4O3. The van der Waals surface area contributed by atoms with Crippen molar-refractivity contribution in [1.82, 2.24) is 9.88 Å². The lowest BCUT2D eigenvalue weighted by molar-refractivity contribution is -0.126. The molecule has 0 aromatic carbocycles. The molecule has 18 heavy (non-hydrogen) atoms. The third-order valence-corrected chi connectivity index (χ3v) is 2.23. The number of ether oxygens (including phenoxy) is 1. The van der Waals surface area contributed by atoms with Gasteiger partial charge >= 0.3 is 5.97 Å². The summed E-state index contributed by atoms with van der Waals surface area (Å²) >= 11 is 0. The van der Waals surface area contributed by atoms with Crippen LogP contribution in [0.1, 0.15) is 10.5 Å². The van der Waals surface area contributed by atoms with Crippen molar-refractivity contribution in [3.8, 4) is 0 Å². The van der Waals surface area contributed by atoms with Crippen LogP contribution in [-0.2, 0) is 9.53 Å². The van der Waals surface area contributed by atoms with Crippen LogP contribution in [0.5, 0.6) is 0 Å². The summed E-state index contributed by atoms with van der Waals surface area (Å²) in [5.41, 5.74) is 6.18. The van der Waals surface area contributed by atoms with Crippen molar-refractivity contribution in [2.24, 2.45) is 0 Å². The first-order chi connectivity index (χ1) is 8.45. The zero-order valence-corrected chi connectivity index (χ0v) is 10.6. The Morgan fingerprint density at radius 3 is 2.67 bits per heavy atom. The van der Waals surface area contributed by atoms with Crippen molar-refractivity contribution in [3.63, 3.8) is 0 Å². The number of anilines is 2. The van der Waals surface area contributed by atoms with Gasteiger partial charge in [-0.3, -0.25) is 4.79 Å². The summed E-state index contributed by atoms with van der Waals surface area (Å²) in [5, 5.41) is 2.78. The molecule has 1 rings (SSSR count). The molecule has 0 bridgehead atoms. The molecule has 3 N–H and O–H groups in total. The minimum atomic E-state index is -0.558. The molecule has 1 heterocycles. The zero-order chi connectivity index (χ0) is 13.7. The van der Waals surface area contributed by atoms with Gasteiger partial charge in [-0.25, -0.2) is 9.78 Å². The van der Waals surface area contributed by atoms with E-state index in [1.165, 1.54) is 24.1 Å². The number of nitrogen functional groups attached to an aromatic ring is 1. The van der Waals surface area contributed by atoms with Crippen molar-refractivity contribution < 1.29 is 14.3 Å². The molecule has 0 atom stereocenters. The number of hydrogen-bond acceptors (Lipinski definition) is 6. The van der Waals surface area contributed by atoms with Gasteiger partial charge in [0.25, 0.3) is 0 Å². The molecule has 7 nitrogen and oxygen atoms in total. The number of carbonyl (C=O) groups excluding carboxylic acids is 2. The summed E-state index contributed by atoms with van der Waals surface area (Å²) in [4.78, 5) is 28.1. The lowest BCUT2D eigenvalue weighted by Crippen LogP contribution is -2.29. The number of rotatable bonds is 4. The highest BCUT2D eigenvalue weighted by Crippen LogP contribution is 2.15. The van der Waals surface area contributed by atoms with Gasteiger partial charge in [0.2, 0.25) is 5.91 Å². The van der Waals surface area contributed by atoms with Gasteiger partial charge < -0.3 is 20.7 Å². The van der Waals surface area contributed by atoms with Crippen LogP contribution in [0, 0.1) is 0 Å². The smallest absolute Gasteiger partial charge is 0.356 e. The largest absolute Gasteiger partial charge is 0.464 e. The molecule has 0 aliphatic heterocycles. The molecule has 1 aromatic rings. The highest BCUT2D eigenvalue weighted by atomic mass is 16.5. The van der Waals surface area contributed by atoms with Gasteiger partial charge in [-0.15, -0.1) is 0 Å². The maximum absolute atomic E-state index is 11.4. The SMILES string of the molecule is COC(=O)c1ccc(N)c(NCC(=O)N(C)C)n1. The second-order valence-electron chi connectivity index (χ2n) is 3.77. The fourth-order valence-electron chi connectivity index (χ4n) is 1.15. The lowest BCUT2D eigenvalue weighted by Gasteiger charge is -2.12. The van der Waals surface area contributed by atoms with E-state index < -0.39 is 5.97 Å². The molecule has 0 spiro atoms. The highest BCUT2D eigenvalue weighted by Gasteiger charge is 2.11. The van der Waals surface area contributed by atoms with Crippen LogP contribution in [0.4, 0.5) is 11.5 Å². The molecule has 7 heteroatoms. The van der Waals surface area contributed by atoms with Crippen molar-refractivity contribution in [2.75, 3.05) is 38.8 Å². The highest BCUT2D eigenvalue weighted by molar-refractivity contribution is 5.89. The van der Waals surface area contributed by atoms with Crippen LogP contribution < -0.4 is 11.1 Å². The number of nitrogens with zero attached hydrogens (tertiary/aromatic N) is 2. The summed E-state index contributed by atoms with van der Waals surface area (Å²) in [5.74, 6) is -0.398. The van der Waals surface area contributed by atoms with Crippen LogP contribution >= 0.6 is 0 Å². The van der Waals surface area contributed by atoms with Gasteiger partial charge in [-0.2, -0.15) is 0 Å². The van der Waals surface area contributed by atoms with Gasteiger partial charge in [-0.1, -0.05) is 0 Å². The lowest BCUT2D eigenvalue weighted by atomic mass is 10.3. The monoisotopic (exact) mass is 252 g/mol. The fourth-order valence-corrected chi connectivity index (χ4v) is 1.15. The summed E-state index contributed by atoms with van der Waals surface area (Å²) in [6.45, 7) is 0.0504. The van der Waals surface area contributed by atoms with Gasteiger partial charge in [0, 0.05) is 14.1 Å². The quantitative estimate of drug-likeness (QED) is 0.729. The number of likely N-dealkylation sites (N-methyl/N-ethyl adjacent to an activating group) is 1. The van der Waals surface area contributed by atoms with Crippen molar-refractivity contribution in [1.29, 1.82) is 0 Å². The van der Waals surface area contributed by atoms with Gasteiger partial charge in [0.05, 0.1) is 19.3 Å². The van der Waals surface area contributed by atoms with E-state index in [0.29, 0.717) is 5.69 Å². The standard InChI is InChI=1S/C11H16N4O3/c1-15(2)9(16)6-13-10-7(12)4-5-8(14-10)11(17)18-3/h4-5H,6,12H2,1-3H3,(H,13,14). The molecule has 0 saturated heterocycles. The number of nitrogens with two attached hydrogens (primary N) is 1. The molecule has 0 unspecified atom stereocenters. The Morgan fingerprint density at radius 1 is 1.44 bits per heavy atom. The first kappa shape index (κ1) is 13.8. The summed E-state index contributed by atoms with van der Waals surface area (Å²) in [7, 11) is 4.56. The number of hydrogen-bond donors (Lipinski definition) is 2. The predicted molar refractivity (Wildman–Crippen MR) is 67.2 cm³/mol. The van der Waals surface area contributed by atoms with E-state index in [1.807, 2.05) is 0 Å². The second kappa shape index (κ2) is 5.85. The topological polar surface area (TPSA) is 97.5 Å². The van der Waals surface area contributed by atoms with Gasteiger partial charge in [-0.05, 0) is 12.1 Å². The first-order valence-corrected chi connectivity index (χ1v) is 5.24. The fraction of sp³-hybridized carbons (Fsp3) is 0.364. The molecule has 0 fully saturated rings. The molecular weight excluding hydrogens is 236 g/mol. The number of nitrogens with one attached hydrogen (secondary N) is 1. The molecule has 0 saturated carbocycles. The van der Waals surface area contributed by atoms with Crippen LogP contribution in [0.15, 0.2) is 12.1 Å². The summed E-state index contributed by atoms with van der Waals surface area (Å²) in [6.07, 6.45) is 0. The van der Waals surface area contributed by atoms with E-state index in [-0.39, 0.29) is 24.0 Å². The maximum atomic E-state index is 11.4. The number of carbonyl (C=O) groups is 2. The Balaban J connectivity index is 2.82. The van der Waals surface area contributed by atoms with Crippen molar-refractivity contribution >= 4 is 23.4 Å². The Kier molecular flexibility index (Phi) is 4.47. The minimum Gasteiger partial charge on any atom is -0.464 e. The number of amides is 1.